The van der Waals surface area contributed by atoms with E-state index >= 15 is 0 Å². The Morgan fingerprint density at radius 1 is 1.25 bits per heavy atom. The van der Waals surface area contributed by atoms with Crippen molar-refractivity contribution in [2.45, 2.75) is 32.7 Å². The fourth-order valence-corrected chi connectivity index (χ4v) is 4.23. The number of alkyl carbamates (subject to hydrolysis) is 1. The van der Waals surface area contributed by atoms with Crippen molar-refractivity contribution in [3.8, 4) is 17.0 Å². The molecule has 1 amide bonds. The molecular formula is C23H26N2O3. The first-order valence-corrected chi connectivity index (χ1v) is 9.83. The molecule has 0 radical (unpaired) electrons. The van der Waals surface area contributed by atoms with Gasteiger partial charge in [0.25, 0.3) is 0 Å². The predicted molar refractivity (Wildman–Crippen MR) is 111 cm³/mol. The standard InChI is InChI=1S/C23H26N2O3/c1-4-28-23(26)24-14-15(2)21-19-13-17(27-3)9-10-20(19)25-12-11-16-7-5-6-8-18(16)22(21)25/h5-10,13,15H,4,11-12,14H2,1-3H3,(H,24,26). The van der Waals surface area contributed by atoms with Gasteiger partial charge in [-0.05, 0) is 42.7 Å². The van der Waals surface area contributed by atoms with Crippen molar-refractivity contribution < 1.29 is 14.3 Å². The molecule has 0 saturated carbocycles. The van der Waals surface area contributed by atoms with E-state index in [2.05, 4.69) is 53.2 Å². The predicted octanol–water partition coefficient (Wildman–Crippen LogP) is 4.72. The van der Waals surface area contributed by atoms with E-state index in [1.807, 2.05) is 13.0 Å². The molecule has 4 rings (SSSR count). The van der Waals surface area contributed by atoms with Crippen molar-refractivity contribution in [2.75, 3.05) is 20.3 Å². The molecule has 1 aliphatic rings. The summed E-state index contributed by atoms with van der Waals surface area (Å²) in [4.78, 5) is 11.8. The minimum absolute atomic E-state index is 0.126. The highest BCUT2D eigenvalue weighted by atomic mass is 16.5. The number of carbonyl (C=O) groups excluding carboxylic acids is 1. The van der Waals surface area contributed by atoms with Crippen molar-refractivity contribution >= 4 is 17.0 Å². The van der Waals surface area contributed by atoms with E-state index in [0.717, 1.165) is 18.7 Å². The molecule has 1 aliphatic heterocycles. The summed E-state index contributed by atoms with van der Waals surface area (Å²) in [7, 11) is 1.69. The summed E-state index contributed by atoms with van der Waals surface area (Å²) in [5.74, 6) is 0.969. The second kappa shape index (κ2) is 7.58. The van der Waals surface area contributed by atoms with Gasteiger partial charge in [-0.1, -0.05) is 31.2 Å². The number of aryl methyl sites for hydroxylation is 2. The van der Waals surface area contributed by atoms with Gasteiger partial charge >= 0.3 is 6.09 Å². The molecule has 5 nitrogen and oxygen atoms in total. The number of aromatic nitrogens is 1. The number of nitrogens with zero attached hydrogens (tertiary/aromatic N) is 1. The third-order valence-corrected chi connectivity index (χ3v) is 5.51. The van der Waals surface area contributed by atoms with Crippen LogP contribution >= 0.6 is 0 Å². The quantitative estimate of drug-likeness (QED) is 0.699. The average molecular weight is 378 g/mol. The topological polar surface area (TPSA) is 52.5 Å². The van der Waals surface area contributed by atoms with Crippen LogP contribution < -0.4 is 10.1 Å². The second-order valence-electron chi connectivity index (χ2n) is 7.21. The van der Waals surface area contributed by atoms with Gasteiger partial charge in [-0.25, -0.2) is 4.79 Å². The number of nitrogens with one attached hydrogen (secondary N) is 1. The van der Waals surface area contributed by atoms with Crippen LogP contribution in [0.2, 0.25) is 0 Å². The van der Waals surface area contributed by atoms with E-state index in [1.54, 1.807) is 7.11 Å². The van der Waals surface area contributed by atoms with E-state index in [-0.39, 0.29) is 12.0 Å². The Labute approximate surface area is 165 Å². The third-order valence-electron chi connectivity index (χ3n) is 5.51. The van der Waals surface area contributed by atoms with Gasteiger partial charge < -0.3 is 19.4 Å². The molecule has 3 aromatic rings. The molecule has 1 aromatic heterocycles. The molecule has 0 fully saturated rings. The van der Waals surface area contributed by atoms with Crippen molar-refractivity contribution in [3.05, 3.63) is 53.6 Å². The Morgan fingerprint density at radius 3 is 2.86 bits per heavy atom. The van der Waals surface area contributed by atoms with Crippen LogP contribution in [0.25, 0.3) is 22.2 Å². The molecule has 1 atom stereocenters. The van der Waals surface area contributed by atoms with Gasteiger partial charge in [0.1, 0.15) is 5.75 Å². The fraction of sp³-hybridized carbons (Fsp3) is 0.348. The van der Waals surface area contributed by atoms with Crippen LogP contribution in [0.4, 0.5) is 4.79 Å². The van der Waals surface area contributed by atoms with Crippen LogP contribution in [-0.2, 0) is 17.7 Å². The molecule has 0 saturated heterocycles. The molecule has 1 unspecified atom stereocenters. The zero-order valence-corrected chi connectivity index (χ0v) is 16.6. The first kappa shape index (κ1) is 18.4. The van der Waals surface area contributed by atoms with Gasteiger partial charge in [0, 0.05) is 35.5 Å². The Bertz CT molecular complexity index is 1020. The summed E-state index contributed by atoms with van der Waals surface area (Å²) in [5, 5.41) is 4.08. The molecule has 2 aromatic carbocycles. The van der Waals surface area contributed by atoms with Crippen molar-refractivity contribution in [1.29, 1.82) is 0 Å². The van der Waals surface area contributed by atoms with Crippen LogP contribution in [0.3, 0.4) is 0 Å². The van der Waals surface area contributed by atoms with Crippen molar-refractivity contribution in [1.82, 2.24) is 9.88 Å². The lowest BCUT2D eigenvalue weighted by Gasteiger charge is -2.23. The number of fused-ring (bicyclic) bond motifs is 5. The number of hydrogen-bond acceptors (Lipinski definition) is 3. The third kappa shape index (κ3) is 3.11. The monoisotopic (exact) mass is 378 g/mol. The van der Waals surface area contributed by atoms with Gasteiger partial charge in [-0.3, -0.25) is 0 Å². The molecule has 1 N–H and O–H groups in total. The maximum absolute atomic E-state index is 11.8. The van der Waals surface area contributed by atoms with Gasteiger partial charge in [0.05, 0.1) is 19.4 Å². The van der Waals surface area contributed by atoms with Gasteiger partial charge in [0.15, 0.2) is 0 Å². The zero-order chi connectivity index (χ0) is 19.7. The molecule has 28 heavy (non-hydrogen) atoms. The number of methoxy groups -OCH3 is 1. The average Bonchev–Trinajstić information content (AvgIpc) is 3.06. The van der Waals surface area contributed by atoms with Gasteiger partial charge in [-0.15, -0.1) is 0 Å². The summed E-state index contributed by atoms with van der Waals surface area (Å²) >= 11 is 0. The van der Waals surface area contributed by atoms with Crippen LogP contribution in [0, 0.1) is 0 Å². The SMILES string of the molecule is CCOC(=O)NCC(C)c1c2n(c3ccc(OC)cc13)CCc1ccccc1-2. The first-order chi connectivity index (χ1) is 13.6. The zero-order valence-electron chi connectivity index (χ0n) is 16.6. The number of carbonyl (C=O) groups is 1. The number of hydrogen-bond donors (Lipinski definition) is 1. The Hall–Kier alpha value is -2.95. The summed E-state index contributed by atoms with van der Waals surface area (Å²) in [6, 6.07) is 14.9. The van der Waals surface area contributed by atoms with E-state index in [1.165, 1.54) is 33.3 Å². The van der Waals surface area contributed by atoms with E-state index in [4.69, 9.17) is 9.47 Å². The minimum atomic E-state index is -0.371. The Kier molecular flexibility index (Phi) is 4.99. The van der Waals surface area contributed by atoms with E-state index < -0.39 is 0 Å². The highest BCUT2D eigenvalue weighted by molar-refractivity contribution is 5.94. The molecule has 5 heteroatoms. The Balaban J connectivity index is 1.85. The van der Waals surface area contributed by atoms with E-state index in [9.17, 15) is 4.79 Å². The van der Waals surface area contributed by atoms with Gasteiger partial charge in [0.2, 0.25) is 0 Å². The largest absolute Gasteiger partial charge is 0.497 e. The Morgan fingerprint density at radius 2 is 2.07 bits per heavy atom. The number of ether oxygens (including phenoxy) is 2. The molecule has 0 aliphatic carbocycles. The lowest BCUT2D eigenvalue weighted by molar-refractivity contribution is 0.151. The normalized spacial score (nSPS) is 13.5. The summed E-state index contributed by atoms with van der Waals surface area (Å²) in [6.45, 7) is 5.80. The van der Waals surface area contributed by atoms with Crippen LogP contribution in [0.1, 0.15) is 30.9 Å². The second-order valence-corrected chi connectivity index (χ2v) is 7.21. The highest BCUT2D eigenvalue weighted by Crippen LogP contribution is 2.43. The molecule has 0 spiro atoms. The van der Waals surface area contributed by atoms with Crippen LogP contribution in [0.15, 0.2) is 42.5 Å². The molecule has 2 heterocycles. The van der Waals surface area contributed by atoms with E-state index in [0.29, 0.717) is 13.2 Å². The van der Waals surface area contributed by atoms with Crippen molar-refractivity contribution in [2.24, 2.45) is 0 Å². The molecular weight excluding hydrogens is 352 g/mol. The first-order valence-electron chi connectivity index (χ1n) is 9.83. The lowest BCUT2D eigenvalue weighted by Crippen LogP contribution is -2.28. The smallest absolute Gasteiger partial charge is 0.407 e. The number of rotatable bonds is 5. The van der Waals surface area contributed by atoms with Gasteiger partial charge in [-0.2, -0.15) is 0 Å². The number of amides is 1. The maximum Gasteiger partial charge on any atom is 0.407 e. The lowest BCUT2D eigenvalue weighted by atomic mass is 9.90. The summed E-state index contributed by atoms with van der Waals surface area (Å²) in [5.41, 5.74) is 6.36. The number of benzene rings is 2. The minimum Gasteiger partial charge on any atom is -0.497 e. The molecule has 0 bridgehead atoms. The fourth-order valence-electron chi connectivity index (χ4n) is 4.23. The molecule has 146 valence electrons. The summed E-state index contributed by atoms with van der Waals surface area (Å²) in [6.07, 6.45) is 0.651. The summed E-state index contributed by atoms with van der Waals surface area (Å²) < 4.78 is 12.9. The maximum atomic E-state index is 11.8. The van der Waals surface area contributed by atoms with Crippen molar-refractivity contribution in [3.63, 3.8) is 0 Å². The van der Waals surface area contributed by atoms with Crippen LogP contribution in [-0.4, -0.2) is 30.9 Å². The highest BCUT2D eigenvalue weighted by Gasteiger charge is 2.27. The van der Waals surface area contributed by atoms with Crippen LogP contribution in [0.5, 0.6) is 5.75 Å².